The monoisotopic (exact) mass is 421 g/mol. The second-order valence-electron chi connectivity index (χ2n) is 7.11. The van der Waals surface area contributed by atoms with Gasteiger partial charge in [-0.1, -0.05) is 48.5 Å². The molecule has 3 aromatic carbocycles. The molecule has 6 nitrogen and oxygen atoms in total. The van der Waals surface area contributed by atoms with Gasteiger partial charge in [-0.15, -0.1) is 0 Å². The van der Waals surface area contributed by atoms with Crippen molar-refractivity contribution >= 4 is 12.1 Å². The summed E-state index contributed by atoms with van der Waals surface area (Å²) in [6.45, 7) is -0.181. The first-order chi connectivity index (χ1) is 15.0. The van der Waals surface area contributed by atoms with Gasteiger partial charge in [0.05, 0.1) is 6.54 Å². The second kappa shape index (κ2) is 8.87. The SMILES string of the molecule is O=C(NCC(Oc1ccc(F)cc1)C(=O)O)OCC1c2ccccc2-c2ccccc21. The van der Waals surface area contributed by atoms with Gasteiger partial charge in [0.15, 0.2) is 0 Å². The summed E-state index contributed by atoms with van der Waals surface area (Å²) >= 11 is 0. The van der Waals surface area contributed by atoms with E-state index in [1.165, 1.54) is 12.1 Å². The molecule has 0 fully saturated rings. The van der Waals surface area contributed by atoms with Crippen molar-refractivity contribution in [2.45, 2.75) is 12.0 Å². The Kier molecular flexibility index (Phi) is 5.84. The van der Waals surface area contributed by atoms with E-state index in [2.05, 4.69) is 5.32 Å². The normalized spacial score (nSPS) is 13.1. The number of halogens is 1. The van der Waals surface area contributed by atoms with Gasteiger partial charge in [-0.2, -0.15) is 0 Å². The molecule has 0 spiro atoms. The number of carboxylic acids is 1. The van der Waals surface area contributed by atoms with Crippen LogP contribution < -0.4 is 10.1 Å². The Labute approximate surface area is 178 Å². The van der Waals surface area contributed by atoms with E-state index in [-0.39, 0.29) is 24.8 Å². The Morgan fingerprint density at radius 3 is 2.10 bits per heavy atom. The molecule has 1 unspecified atom stereocenters. The third kappa shape index (κ3) is 4.50. The van der Waals surface area contributed by atoms with Gasteiger partial charge in [0, 0.05) is 5.92 Å². The topological polar surface area (TPSA) is 84.9 Å². The maximum atomic E-state index is 13.0. The smallest absolute Gasteiger partial charge is 0.407 e. The van der Waals surface area contributed by atoms with Crippen LogP contribution in [-0.4, -0.2) is 36.4 Å². The van der Waals surface area contributed by atoms with Crippen molar-refractivity contribution in [3.63, 3.8) is 0 Å². The minimum atomic E-state index is -1.34. The number of aliphatic carboxylic acids is 1. The molecule has 7 heteroatoms. The molecule has 4 rings (SSSR count). The molecule has 1 aliphatic rings. The Bertz CT molecular complexity index is 1050. The summed E-state index contributed by atoms with van der Waals surface area (Å²) in [7, 11) is 0. The van der Waals surface area contributed by atoms with E-state index in [0.717, 1.165) is 34.4 Å². The number of carbonyl (C=O) groups excluding carboxylic acids is 1. The molecule has 2 N–H and O–H groups in total. The summed E-state index contributed by atoms with van der Waals surface area (Å²) < 4.78 is 23.7. The number of ether oxygens (including phenoxy) is 2. The lowest BCUT2D eigenvalue weighted by atomic mass is 9.98. The quantitative estimate of drug-likeness (QED) is 0.597. The van der Waals surface area contributed by atoms with E-state index in [1.54, 1.807) is 0 Å². The van der Waals surface area contributed by atoms with Crippen LogP contribution in [0.4, 0.5) is 9.18 Å². The number of carbonyl (C=O) groups is 2. The lowest BCUT2D eigenvalue weighted by Gasteiger charge is -2.17. The van der Waals surface area contributed by atoms with Gasteiger partial charge in [-0.3, -0.25) is 0 Å². The van der Waals surface area contributed by atoms with Gasteiger partial charge >= 0.3 is 12.1 Å². The summed E-state index contributed by atoms with van der Waals surface area (Å²) in [6.07, 6.45) is -2.08. The summed E-state index contributed by atoms with van der Waals surface area (Å²) in [5, 5.41) is 11.8. The first-order valence-corrected chi connectivity index (χ1v) is 9.77. The number of hydrogen-bond donors (Lipinski definition) is 2. The summed E-state index contributed by atoms with van der Waals surface area (Å²) in [5.41, 5.74) is 4.40. The third-order valence-corrected chi connectivity index (χ3v) is 5.14. The fourth-order valence-corrected chi connectivity index (χ4v) is 3.68. The molecule has 1 amide bonds. The number of amides is 1. The van der Waals surface area contributed by atoms with E-state index < -0.39 is 24.0 Å². The molecule has 0 bridgehead atoms. The molecule has 0 saturated heterocycles. The molecule has 31 heavy (non-hydrogen) atoms. The zero-order chi connectivity index (χ0) is 21.8. The van der Waals surface area contributed by atoms with Gasteiger partial charge in [0.25, 0.3) is 0 Å². The van der Waals surface area contributed by atoms with Crippen molar-refractivity contribution < 1.29 is 28.6 Å². The van der Waals surface area contributed by atoms with Crippen molar-refractivity contribution in [1.82, 2.24) is 5.32 Å². The molecule has 0 saturated carbocycles. The molecule has 1 atom stereocenters. The largest absolute Gasteiger partial charge is 0.478 e. The molecule has 1 aliphatic carbocycles. The molecular formula is C24H20FNO5. The zero-order valence-corrected chi connectivity index (χ0v) is 16.5. The van der Waals surface area contributed by atoms with Gasteiger partial charge in [-0.25, -0.2) is 14.0 Å². The lowest BCUT2D eigenvalue weighted by molar-refractivity contribution is -0.144. The summed E-state index contributed by atoms with van der Waals surface area (Å²) in [5.74, 6) is -1.63. The fourth-order valence-electron chi connectivity index (χ4n) is 3.68. The Morgan fingerprint density at radius 1 is 0.935 bits per heavy atom. The maximum absolute atomic E-state index is 13.0. The van der Waals surface area contributed by atoms with Crippen LogP contribution in [0.5, 0.6) is 5.75 Å². The minimum Gasteiger partial charge on any atom is -0.478 e. The van der Waals surface area contributed by atoms with Crippen molar-refractivity contribution in [1.29, 1.82) is 0 Å². The standard InChI is InChI=1S/C24H20FNO5/c25-15-9-11-16(12-10-15)31-22(23(27)28)13-26-24(29)30-14-21-19-7-3-1-5-17(19)18-6-2-4-8-20(18)21/h1-12,21-22H,13-14H2,(H,26,29)(H,27,28). The Hall–Kier alpha value is -3.87. The summed E-state index contributed by atoms with van der Waals surface area (Å²) in [4.78, 5) is 23.7. The number of benzene rings is 3. The predicted molar refractivity (Wildman–Crippen MR) is 112 cm³/mol. The van der Waals surface area contributed by atoms with E-state index >= 15 is 0 Å². The maximum Gasteiger partial charge on any atom is 0.407 e. The van der Waals surface area contributed by atoms with Crippen molar-refractivity contribution in [2.24, 2.45) is 0 Å². The number of nitrogens with one attached hydrogen (secondary N) is 1. The van der Waals surface area contributed by atoms with Crippen LogP contribution in [0.2, 0.25) is 0 Å². The van der Waals surface area contributed by atoms with Crippen LogP contribution in [0.25, 0.3) is 11.1 Å². The molecule has 0 heterocycles. The Balaban J connectivity index is 1.36. The van der Waals surface area contributed by atoms with Crippen LogP contribution in [0.1, 0.15) is 17.0 Å². The van der Waals surface area contributed by atoms with Crippen molar-refractivity contribution in [3.05, 3.63) is 89.7 Å². The zero-order valence-electron chi connectivity index (χ0n) is 16.5. The molecule has 0 radical (unpaired) electrons. The molecule has 0 aromatic heterocycles. The third-order valence-electron chi connectivity index (χ3n) is 5.14. The fraction of sp³-hybridized carbons (Fsp3) is 0.167. The van der Waals surface area contributed by atoms with Gasteiger partial charge in [0.2, 0.25) is 6.10 Å². The van der Waals surface area contributed by atoms with Crippen LogP contribution >= 0.6 is 0 Å². The number of fused-ring (bicyclic) bond motifs is 3. The van der Waals surface area contributed by atoms with Crippen LogP contribution in [-0.2, 0) is 9.53 Å². The van der Waals surface area contributed by atoms with E-state index in [1.807, 2.05) is 48.5 Å². The minimum absolute atomic E-state index is 0.0936. The van der Waals surface area contributed by atoms with Gasteiger partial charge < -0.3 is 19.9 Å². The second-order valence-corrected chi connectivity index (χ2v) is 7.11. The number of alkyl carbamates (subject to hydrolysis) is 1. The average Bonchev–Trinajstić information content (AvgIpc) is 3.10. The van der Waals surface area contributed by atoms with E-state index in [0.29, 0.717) is 0 Å². The van der Waals surface area contributed by atoms with Crippen molar-refractivity contribution in [3.8, 4) is 16.9 Å². The molecular weight excluding hydrogens is 401 g/mol. The lowest BCUT2D eigenvalue weighted by Crippen LogP contribution is -2.40. The van der Waals surface area contributed by atoms with Crippen LogP contribution in [0.3, 0.4) is 0 Å². The van der Waals surface area contributed by atoms with E-state index in [4.69, 9.17) is 9.47 Å². The highest BCUT2D eigenvalue weighted by Crippen LogP contribution is 2.44. The predicted octanol–water partition coefficient (Wildman–Crippen LogP) is 4.20. The first-order valence-electron chi connectivity index (χ1n) is 9.77. The van der Waals surface area contributed by atoms with Crippen LogP contribution in [0, 0.1) is 5.82 Å². The molecule has 0 aliphatic heterocycles. The number of carboxylic acid groups (broad SMARTS) is 1. The van der Waals surface area contributed by atoms with Gasteiger partial charge in [-0.05, 0) is 46.5 Å². The Morgan fingerprint density at radius 2 is 1.52 bits per heavy atom. The highest BCUT2D eigenvalue weighted by Gasteiger charge is 2.29. The highest BCUT2D eigenvalue weighted by atomic mass is 19.1. The van der Waals surface area contributed by atoms with Crippen LogP contribution in [0.15, 0.2) is 72.8 Å². The average molecular weight is 421 g/mol. The van der Waals surface area contributed by atoms with Gasteiger partial charge in [0.1, 0.15) is 18.2 Å². The molecule has 3 aromatic rings. The summed E-state index contributed by atoms with van der Waals surface area (Å²) in [6, 6.07) is 20.9. The first kappa shape index (κ1) is 20.4. The number of hydrogen-bond acceptors (Lipinski definition) is 4. The number of rotatable bonds is 7. The van der Waals surface area contributed by atoms with E-state index in [9.17, 15) is 19.1 Å². The molecule has 158 valence electrons. The highest BCUT2D eigenvalue weighted by molar-refractivity contribution is 5.79. The van der Waals surface area contributed by atoms with Crippen molar-refractivity contribution in [2.75, 3.05) is 13.2 Å².